The van der Waals surface area contributed by atoms with Crippen LogP contribution in [0.15, 0.2) is 12.1 Å². The summed E-state index contributed by atoms with van der Waals surface area (Å²) in [5, 5.41) is 0. The number of rotatable bonds is 1. The number of benzene rings is 1. The fourth-order valence-electron chi connectivity index (χ4n) is 1.97. The van der Waals surface area contributed by atoms with E-state index >= 15 is 0 Å². The van der Waals surface area contributed by atoms with Crippen LogP contribution in [-0.2, 0) is 4.79 Å². The second-order valence-corrected chi connectivity index (χ2v) is 4.75. The van der Waals surface area contributed by atoms with Gasteiger partial charge in [-0.1, -0.05) is 0 Å². The van der Waals surface area contributed by atoms with Crippen molar-refractivity contribution >= 4 is 23.2 Å². The molecule has 0 saturated heterocycles. The first-order valence-electron chi connectivity index (χ1n) is 5.44. The topological polar surface area (TPSA) is 98.7 Å². The molecule has 0 bridgehead atoms. The summed E-state index contributed by atoms with van der Waals surface area (Å²) < 4.78 is 5.59. The summed E-state index contributed by atoms with van der Waals surface area (Å²) in [5.41, 5.74) is 10.9. The van der Waals surface area contributed by atoms with Gasteiger partial charge in [-0.15, -0.1) is 0 Å². The number of fused-ring (bicyclic) bond motifs is 1. The summed E-state index contributed by atoms with van der Waals surface area (Å²) in [4.78, 5) is 24.7. The van der Waals surface area contributed by atoms with Crippen LogP contribution in [0, 0.1) is 0 Å². The Morgan fingerprint density at radius 1 is 1.39 bits per heavy atom. The summed E-state index contributed by atoms with van der Waals surface area (Å²) in [6.45, 7) is 3.35. The van der Waals surface area contributed by atoms with E-state index in [2.05, 4.69) is 0 Å². The van der Waals surface area contributed by atoms with E-state index in [1.54, 1.807) is 20.9 Å². The normalized spacial score (nSPS) is 17.1. The van der Waals surface area contributed by atoms with Crippen LogP contribution >= 0.6 is 0 Å². The first-order valence-corrected chi connectivity index (χ1v) is 5.44. The van der Waals surface area contributed by atoms with Crippen molar-refractivity contribution in [3.63, 3.8) is 0 Å². The molecule has 2 amide bonds. The molecule has 0 aliphatic carbocycles. The lowest BCUT2D eigenvalue weighted by Crippen LogP contribution is -2.51. The van der Waals surface area contributed by atoms with Crippen LogP contribution in [0.25, 0.3) is 0 Å². The zero-order valence-corrected chi connectivity index (χ0v) is 10.5. The maximum absolute atomic E-state index is 12.0. The van der Waals surface area contributed by atoms with Crippen molar-refractivity contribution < 1.29 is 14.3 Å². The van der Waals surface area contributed by atoms with Gasteiger partial charge in [-0.05, 0) is 19.9 Å². The number of carbonyl (C=O) groups is 2. The summed E-state index contributed by atoms with van der Waals surface area (Å²) in [6.07, 6.45) is 0. The highest BCUT2D eigenvalue weighted by atomic mass is 16.5. The predicted octanol–water partition coefficient (Wildman–Crippen LogP) is 0.502. The van der Waals surface area contributed by atoms with Crippen molar-refractivity contribution in [2.75, 3.05) is 17.7 Å². The minimum atomic E-state index is -0.956. The van der Waals surface area contributed by atoms with Gasteiger partial charge in [-0.2, -0.15) is 0 Å². The van der Waals surface area contributed by atoms with Crippen molar-refractivity contribution in [1.82, 2.24) is 0 Å². The Kier molecular flexibility index (Phi) is 2.46. The van der Waals surface area contributed by atoms with E-state index in [-0.39, 0.29) is 17.2 Å². The molecule has 2 rings (SSSR count). The number of anilines is 2. The zero-order chi connectivity index (χ0) is 13.7. The van der Waals surface area contributed by atoms with E-state index in [0.717, 1.165) is 0 Å². The lowest BCUT2D eigenvalue weighted by Gasteiger charge is -2.37. The monoisotopic (exact) mass is 249 g/mol. The van der Waals surface area contributed by atoms with Crippen molar-refractivity contribution in [1.29, 1.82) is 0 Å². The first kappa shape index (κ1) is 12.2. The average molecular weight is 249 g/mol. The number of nitrogens with zero attached hydrogens (tertiary/aromatic N) is 1. The van der Waals surface area contributed by atoms with Gasteiger partial charge < -0.3 is 21.1 Å². The van der Waals surface area contributed by atoms with Gasteiger partial charge in [0.1, 0.15) is 5.75 Å². The minimum Gasteiger partial charge on any atom is -0.476 e. The maximum Gasteiger partial charge on any atom is 0.270 e. The summed E-state index contributed by atoms with van der Waals surface area (Å²) >= 11 is 0. The average Bonchev–Trinajstić information content (AvgIpc) is 2.24. The first-order chi connectivity index (χ1) is 8.24. The molecule has 0 aromatic heterocycles. The highest BCUT2D eigenvalue weighted by molar-refractivity contribution is 6.05. The van der Waals surface area contributed by atoms with E-state index in [1.165, 1.54) is 17.0 Å². The summed E-state index contributed by atoms with van der Waals surface area (Å²) in [5.74, 6) is -0.374. The van der Waals surface area contributed by atoms with Gasteiger partial charge in [0, 0.05) is 18.8 Å². The predicted molar refractivity (Wildman–Crippen MR) is 67.5 cm³/mol. The second kappa shape index (κ2) is 3.63. The largest absolute Gasteiger partial charge is 0.476 e. The van der Waals surface area contributed by atoms with Crippen LogP contribution in [0.5, 0.6) is 5.75 Å². The molecular weight excluding hydrogens is 234 g/mol. The van der Waals surface area contributed by atoms with Crippen molar-refractivity contribution in [2.24, 2.45) is 5.73 Å². The number of nitrogen functional groups attached to an aromatic ring is 1. The Bertz CT molecular complexity index is 552. The summed E-state index contributed by atoms with van der Waals surface area (Å²) in [7, 11) is 1.62. The van der Waals surface area contributed by atoms with Crippen LogP contribution in [0.4, 0.5) is 11.4 Å². The Labute approximate surface area is 104 Å². The Balaban J connectivity index is 2.62. The van der Waals surface area contributed by atoms with Crippen molar-refractivity contribution in [3.05, 3.63) is 17.7 Å². The fraction of sp³-hybridized carbons (Fsp3) is 0.333. The van der Waals surface area contributed by atoms with Gasteiger partial charge in [0.2, 0.25) is 0 Å². The lowest BCUT2D eigenvalue weighted by molar-refractivity contribution is -0.132. The fourth-order valence-corrected chi connectivity index (χ4v) is 1.97. The number of amides is 2. The molecule has 96 valence electrons. The molecule has 1 aliphatic rings. The van der Waals surface area contributed by atoms with E-state index in [0.29, 0.717) is 11.4 Å². The third kappa shape index (κ3) is 1.66. The van der Waals surface area contributed by atoms with Gasteiger partial charge >= 0.3 is 0 Å². The SMILES string of the molecule is CN1C(=O)C(C)(C)Oc2cc(N)c(C(N)=O)cc21. The molecule has 0 saturated carbocycles. The molecule has 0 fully saturated rings. The van der Waals surface area contributed by atoms with Gasteiger partial charge in [-0.3, -0.25) is 9.59 Å². The molecule has 18 heavy (non-hydrogen) atoms. The molecule has 1 heterocycles. The van der Waals surface area contributed by atoms with E-state index in [1.807, 2.05) is 0 Å². The van der Waals surface area contributed by atoms with E-state index < -0.39 is 11.5 Å². The third-order valence-electron chi connectivity index (χ3n) is 2.94. The van der Waals surface area contributed by atoms with Crippen LogP contribution in [0.3, 0.4) is 0 Å². The van der Waals surface area contributed by atoms with Crippen LogP contribution < -0.4 is 21.1 Å². The van der Waals surface area contributed by atoms with Crippen molar-refractivity contribution in [3.8, 4) is 5.75 Å². The molecule has 0 radical (unpaired) electrons. The van der Waals surface area contributed by atoms with Crippen LogP contribution in [0.2, 0.25) is 0 Å². The Hall–Kier alpha value is -2.24. The Morgan fingerprint density at radius 3 is 2.56 bits per heavy atom. The van der Waals surface area contributed by atoms with E-state index in [9.17, 15) is 9.59 Å². The van der Waals surface area contributed by atoms with Gasteiger partial charge in [-0.25, -0.2) is 0 Å². The lowest BCUT2D eigenvalue weighted by atomic mass is 10.0. The number of carbonyl (C=O) groups excluding carboxylic acids is 2. The molecule has 4 N–H and O–H groups in total. The van der Waals surface area contributed by atoms with Gasteiger partial charge in [0.15, 0.2) is 5.60 Å². The molecule has 0 unspecified atom stereocenters. The molecule has 6 heteroatoms. The molecule has 0 atom stereocenters. The highest BCUT2D eigenvalue weighted by Crippen LogP contribution is 2.39. The standard InChI is InChI=1S/C12H15N3O3/c1-12(2)11(17)15(3)8-4-6(10(14)16)7(13)5-9(8)18-12/h4-5H,13H2,1-3H3,(H2,14,16). The molecule has 1 aliphatic heterocycles. The van der Waals surface area contributed by atoms with E-state index in [4.69, 9.17) is 16.2 Å². The van der Waals surface area contributed by atoms with Gasteiger partial charge in [0.05, 0.1) is 11.3 Å². The third-order valence-corrected chi connectivity index (χ3v) is 2.94. The van der Waals surface area contributed by atoms with Crippen molar-refractivity contribution in [2.45, 2.75) is 19.4 Å². The summed E-state index contributed by atoms with van der Waals surface area (Å²) in [6, 6.07) is 2.99. The molecule has 0 spiro atoms. The number of likely N-dealkylation sites (N-methyl/N-ethyl adjacent to an activating group) is 1. The molecular formula is C12H15N3O3. The maximum atomic E-state index is 12.0. The minimum absolute atomic E-state index is 0.178. The number of primary amides is 1. The molecule has 6 nitrogen and oxygen atoms in total. The number of hydrogen-bond acceptors (Lipinski definition) is 4. The number of ether oxygens (including phenoxy) is 1. The Morgan fingerprint density at radius 2 is 2.00 bits per heavy atom. The smallest absolute Gasteiger partial charge is 0.270 e. The van der Waals surface area contributed by atoms with Crippen LogP contribution in [-0.4, -0.2) is 24.5 Å². The highest BCUT2D eigenvalue weighted by Gasteiger charge is 2.39. The molecule has 1 aromatic carbocycles. The quantitative estimate of drug-likeness (QED) is 0.708. The molecule has 1 aromatic rings. The second-order valence-electron chi connectivity index (χ2n) is 4.75. The van der Waals surface area contributed by atoms with Gasteiger partial charge in [0.25, 0.3) is 11.8 Å². The number of hydrogen-bond donors (Lipinski definition) is 2. The number of nitrogens with two attached hydrogens (primary N) is 2. The van der Waals surface area contributed by atoms with Crippen LogP contribution in [0.1, 0.15) is 24.2 Å². The zero-order valence-electron chi connectivity index (χ0n) is 10.5.